The first-order chi connectivity index (χ1) is 7.43. The minimum Gasteiger partial charge on any atom is -0.461 e. The van der Waals surface area contributed by atoms with E-state index in [9.17, 15) is 4.79 Å². The first-order valence-corrected chi connectivity index (χ1v) is 6.71. The fourth-order valence-corrected chi connectivity index (χ4v) is 2.28. The highest BCUT2D eigenvalue weighted by Gasteiger charge is 2.30. The van der Waals surface area contributed by atoms with Crippen molar-refractivity contribution in [1.29, 1.82) is 0 Å². The normalized spacial score (nSPS) is 26.5. The largest absolute Gasteiger partial charge is 0.461 e. The Morgan fingerprint density at radius 3 is 2.31 bits per heavy atom. The van der Waals surface area contributed by atoms with Crippen LogP contribution in [-0.2, 0) is 9.53 Å². The Hall–Kier alpha value is -0.240. The predicted molar refractivity (Wildman–Crippen MR) is 66.7 cm³/mol. The lowest BCUT2D eigenvalue weighted by Crippen LogP contribution is -2.33. The van der Waals surface area contributed by atoms with E-state index in [2.05, 4.69) is 6.92 Å². The zero-order valence-electron chi connectivity index (χ0n) is 10.6. The highest BCUT2D eigenvalue weighted by molar-refractivity contribution is 6.33. The molecule has 16 heavy (non-hydrogen) atoms. The molecular formula is C13H23ClO2. The molecule has 0 N–H and O–H groups in total. The summed E-state index contributed by atoms with van der Waals surface area (Å²) in [6.45, 7) is 5.58. The summed E-state index contributed by atoms with van der Waals surface area (Å²) in [4.78, 5) is 10.7. The van der Waals surface area contributed by atoms with Crippen molar-refractivity contribution in [1.82, 2.24) is 0 Å². The molecular weight excluding hydrogens is 224 g/mol. The zero-order chi connectivity index (χ0) is 12.2. The van der Waals surface area contributed by atoms with Crippen LogP contribution in [0.5, 0.6) is 0 Å². The maximum absolute atomic E-state index is 11.6. The fraction of sp³-hybridized carbons (Fsp3) is 0.923. The number of hydrogen-bond acceptors (Lipinski definition) is 2. The molecule has 0 spiro atoms. The molecule has 1 saturated carbocycles. The molecule has 0 radical (unpaired) electrons. The molecule has 1 aliphatic carbocycles. The van der Waals surface area contributed by atoms with Gasteiger partial charge in [-0.1, -0.05) is 19.8 Å². The molecule has 0 aromatic heterocycles. The Labute approximate surface area is 104 Å². The second kappa shape index (κ2) is 5.90. The molecule has 0 heterocycles. The third-order valence-electron chi connectivity index (χ3n) is 3.25. The van der Waals surface area contributed by atoms with Crippen molar-refractivity contribution in [2.45, 2.75) is 70.3 Å². The molecule has 0 unspecified atom stereocenters. The Morgan fingerprint density at radius 1 is 1.31 bits per heavy atom. The van der Waals surface area contributed by atoms with Gasteiger partial charge in [0.1, 0.15) is 11.0 Å². The van der Waals surface area contributed by atoms with Crippen LogP contribution in [0.4, 0.5) is 0 Å². The van der Waals surface area contributed by atoms with E-state index in [1.807, 2.05) is 0 Å². The van der Waals surface area contributed by atoms with Crippen molar-refractivity contribution < 1.29 is 9.53 Å². The van der Waals surface area contributed by atoms with Crippen LogP contribution < -0.4 is 0 Å². The molecule has 0 aliphatic heterocycles. The highest BCUT2D eigenvalue weighted by atomic mass is 35.5. The number of halogens is 1. The minimum absolute atomic E-state index is 0.0960. The number of carbonyl (C=O) groups excluding carboxylic acids is 1. The quantitative estimate of drug-likeness (QED) is 0.555. The summed E-state index contributed by atoms with van der Waals surface area (Å²) < 4.78 is 5.41. The van der Waals surface area contributed by atoms with Crippen molar-refractivity contribution >= 4 is 17.6 Å². The van der Waals surface area contributed by atoms with Crippen molar-refractivity contribution in [3.8, 4) is 0 Å². The molecule has 0 saturated heterocycles. The van der Waals surface area contributed by atoms with E-state index in [-0.39, 0.29) is 12.1 Å². The molecule has 1 fully saturated rings. The maximum Gasteiger partial charge on any atom is 0.326 e. The third kappa shape index (κ3) is 4.32. The summed E-state index contributed by atoms with van der Waals surface area (Å²) >= 11 is 5.91. The number of rotatable bonds is 4. The van der Waals surface area contributed by atoms with E-state index in [1.165, 1.54) is 25.7 Å². The second-order valence-electron chi connectivity index (χ2n) is 5.31. The first-order valence-electron chi connectivity index (χ1n) is 6.33. The van der Waals surface area contributed by atoms with Gasteiger partial charge in [0.2, 0.25) is 0 Å². The molecule has 2 nitrogen and oxygen atoms in total. The van der Waals surface area contributed by atoms with E-state index in [0.29, 0.717) is 0 Å². The number of ether oxygens (including phenoxy) is 1. The van der Waals surface area contributed by atoms with Gasteiger partial charge in [-0.15, -0.1) is 11.6 Å². The minimum atomic E-state index is -0.889. The summed E-state index contributed by atoms with van der Waals surface area (Å²) in [5.74, 6) is 0.553. The molecule has 94 valence electrons. The Bertz CT molecular complexity index is 225. The summed E-state index contributed by atoms with van der Waals surface area (Å²) in [5, 5.41) is 0. The number of alkyl halides is 1. The van der Waals surface area contributed by atoms with Gasteiger partial charge in [0.15, 0.2) is 0 Å². The highest BCUT2D eigenvalue weighted by Crippen LogP contribution is 2.30. The van der Waals surface area contributed by atoms with Crippen molar-refractivity contribution in [2.75, 3.05) is 0 Å². The Morgan fingerprint density at radius 2 is 1.88 bits per heavy atom. The van der Waals surface area contributed by atoms with Gasteiger partial charge in [-0.3, -0.25) is 4.79 Å². The zero-order valence-corrected chi connectivity index (χ0v) is 11.3. The number of esters is 1. The predicted octanol–water partition coefficient (Wildman–Crippen LogP) is 3.91. The Kier molecular flexibility index (Phi) is 5.10. The van der Waals surface area contributed by atoms with E-state index >= 15 is 0 Å². The summed E-state index contributed by atoms with van der Waals surface area (Å²) in [5.41, 5.74) is 0. The molecule has 0 bridgehead atoms. The van der Waals surface area contributed by atoms with E-state index in [1.54, 1.807) is 13.8 Å². The van der Waals surface area contributed by atoms with E-state index in [4.69, 9.17) is 16.3 Å². The van der Waals surface area contributed by atoms with Crippen LogP contribution in [0.2, 0.25) is 0 Å². The van der Waals surface area contributed by atoms with Gasteiger partial charge in [-0.2, -0.15) is 0 Å². The van der Waals surface area contributed by atoms with Gasteiger partial charge < -0.3 is 4.74 Å². The van der Waals surface area contributed by atoms with E-state index in [0.717, 1.165) is 18.8 Å². The van der Waals surface area contributed by atoms with Crippen LogP contribution in [0.25, 0.3) is 0 Å². The monoisotopic (exact) mass is 246 g/mol. The average molecular weight is 247 g/mol. The van der Waals surface area contributed by atoms with Gasteiger partial charge in [0.25, 0.3) is 0 Å². The lowest BCUT2D eigenvalue weighted by atomic mass is 9.84. The lowest BCUT2D eigenvalue weighted by molar-refractivity contribution is -0.153. The van der Waals surface area contributed by atoms with Gasteiger partial charge in [-0.05, 0) is 45.4 Å². The molecule has 1 aliphatic rings. The van der Waals surface area contributed by atoms with Crippen LogP contribution in [0.3, 0.4) is 0 Å². The summed E-state index contributed by atoms with van der Waals surface area (Å²) in [6, 6.07) is 0. The summed E-state index contributed by atoms with van der Waals surface area (Å²) in [6.07, 6.45) is 7.04. The van der Waals surface area contributed by atoms with Crippen molar-refractivity contribution in [3.63, 3.8) is 0 Å². The molecule has 0 atom stereocenters. The van der Waals surface area contributed by atoms with Gasteiger partial charge in [0.05, 0.1) is 0 Å². The SMILES string of the molecule is CCCC1CCC(OC(=O)C(C)(C)Cl)CC1. The fourth-order valence-electron chi connectivity index (χ4n) is 2.24. The van der Waals surface area contributed by atoms with Crippen molar-refractivity contribution in [3.05, 3.63) is 0 Å². The molecule has 0 aromatic carbocycles. The van der Waals surface area contributed by atoms with Crippen LogP contribution in [-0.4, -0.2) is 16.9 Å². The van der Waals surface area contributed by atoms with Gasteiger partial charge in [-0.25, -0.2) is 0 Å². The molecule has 0 amide bonds. The van der Waals surface area contributed by atoms with E-state index < -0.39 is 4.87 Å². The number of hydrogen-bond donors (Lipinski definition) is 0. The van der Waals surface area contributed by atoms with Gasteiger partial charge >= 0.3 is 5.97 Å². The standard InChI is InChI=1S/C13H23ClO2/c1-4-5-10-6-8-11(9-7-10)16-12(15)13(2,3)14/h10-11H,4-9H2,1-3H3. The molecule has 0 aromatic rings. The molecule has 1 rings (SSSR count). The second-order valence-corrected chi connectivity index (χ2v) is 6.25. The van der Waals surface area contributed by atoms with Crippen LogP contribution >= 0.6 is 11.6 Å². The van der Waals surface area contributed by atoms with Crippen molar-refractivity contribution in [2.24, 2.45) is 5.92 Å². The topological polar surface area (TPSA) is 26.3 Å². The third-order valence-corrected chi connectivity index (χ3v) is 3.40. The lowest BCUT2D eigenvalue weighted by Gasteiger charge is -2.29. The summed E-state index contributed by atoms with van der Waals surface area (Å²) in [7, 11) is 0. The first kappa shape index (κ1) is 13.8. The smallest absolute Gasteiger partial charge is 0.326 e. The number of carbonyl (C=O) groups is 1. The molecule has 3 heteroatoms. The van der Waals surface area contributed by atoms with Crippen LogP contribution in [0, 0.1) is 5.92 Å². The maximum atomic E-state index is 11.6. The van der Waals surface area contributed by atoms with Crippen LogP contribution in [0.1, 0.15) is 59.3 Å². The average Bonchev–Trinajstić information content (AvgIpc) is 2.20. The van der Waals surface area contributed by atoms with Crippen LogP contribution in [0.15, 0.2) is 0 Å². The van der Waals surface area contributed by atoms with Gasteiger partial charge in [0, 0.05) is 0 Å². The Balaban J connectivity index is 2.30.